The van der Waals surface area contributed by atoms with Crippen LogP contribution < -0.4 is 5.32 Å². The van der Waals surface area contributed by atoms with Crippen LogP contribution in [0.15, 0.2) is 29.2 Å². The molecule has 0 saturated carbocycles. The predicted molar refractivity (Wildman–Crippen MR) is 109 cm³/mol. The summed E-state index contributed by atoms with van der Waals surface area (Å²) < 4.78 is 27.2. The molecule has 1 fully saturated rings. The summed E-state index contributed by atoms with van der Waals surface area (Å²) >= 11 is 0. The summed E-state index contributed by atoms with van der Waals surface area (Å²) in [5.74, 6) is -0.314. The number of hydrogen-bond acceptors (Lipinski definition) is 4. The highest BCUT2D eigenvalue weighted by molar-refractivity contribution is 7.89. The van der Waals surface area contributed by atoms with Crippen molar-refractivity contribution in [3.05, 3.63) is 29.8 Å². The molecule has 1 aromatic rings. The van der Waals surface area contributed by atoms with Gasteiger partial charge in [0, 0.05) is 44.7 Å². The van der Waals surface area contributed by atoms with Crippen LogP contribution in [0.3, 0.4) is 0 Å². The first-order valence-corrected chi connectivity index (χ1v) is 11.4. The monoisotopic (exact) mass is 409 g/mol. The largest absolute Gasteiger partial charge is 0.350 e. The Hall–Kier alpha value is -1.93. The van der Waals surface area contributed by atoms with Crippen LogP contribution in [0.2, 0.25) is 0 Å². The number of unbranched alkanes of at least 4 members (excludes halogenated alkanes) is 2. The number of sulfonamides is 1. The zero-order valence-corrected chi connectivity index (χ0v) is 17.8. The fraction of sp³-hybridized carbons (Fsp3) is 0.600. The van der Waals surface area contributed by atoms with Crippen molar-refractivity contribution in [3.63, 3.8) is 0 Å². The third kappa shape index (κ3) is 5.78. The summed E-state index contributed by atoms with van der Waals surface area (Å²) in [4.78, 5) is 25.7. The van der Waals surface area contributed by atoms with Crippen LogP contribution in [0, 0.1) is 0 Å². The van der Waals surface area contributed by atoms with Gasteiger partial charge in [-0.2, -0.15) is 4.31 Å². The van der Waals surface area contributed by atoms with Crippen LogP contribution in [0.25, 0.3) is 0 Å². The summed E-state index contributed by atoms with van der Waals surface area (Å²) in [6.45, 7) is 6.85. The number of carbonyl (C=O) groups excluding carboxylic acids is 2. The lowest BCUT2D eigenvalue weighted by Crippen LogP contribution is -2.49. The van der Waals surface area contributed by atoms with E-state index in [1.807, 2.05) is 6.92 Å². The Morgan fingerprint density at radius 2 is 1.82 bits per heavy atom. The number of carbonyl (C=O) groups is 2. The number of benzene rings is 1. The van der Waals surface area contributed by atoms with Crippen molar-refractivity contribution < 1.29 is 18.0 Å². The van der Waals surface area contributed by atoms with E-state index in [9.17, 15) is 18.0 Å². The van der Waals surface area contributed by atoms with Crippen molar-refractivity contribution in [2.24, 2.45) is 0 Å². The minimum atomic E-state index is -3.70. The third-order valence-electron chi connectivity index (χ3n) is 5.04. The molecule has 0 unspecified atom stereocenters. The molecule has 1 aliphatic heterocycles. The highest BCUT2D eigenvalue weighted by Crippen LogP contribution is 2.19. The molecule has 156 valence electrons. The second-order valence-electron chi connectivity index (χ2n) is 7.31. The molecule has 1 heterocycles. The summed E-state index contributed by atoms with van der Waals surface area (Å²) in [6.07, 6.45) is 4.21. The first kappa shape index (κ1) is 22.4. The van der Waals surface area contributed by atoms with Crippen molar-refractivity contribution in [1.29, 1.82) is 0 Å². The van der Waals surface area contributed by atoms with E-state index in [2.05, 4.69) is 12.2 Å². The topological polar surface area (TPSA) is 86.8 Å². The van der Waals surface area contributed by atoms with E-state index in [-0.39, 0.29) is 35.8 Å². The molecule has 2 amide bonds. The van der Waals surface area contributed by atoms with Gasteiger partial charge in [0.15, 0.2) is 0 Å². The van der Waals surface area contributed by atoms with Gasteiger partial charge in [-0.1, -0.05) is 32.3 Å². The third-order valence-corrected chi connectivity index (χ3v) is 6.93. The van der Waals surface area contributed by atoms with E-state index in [0.717, 1.165) is 25.7 Å². The molecule has 1 N–H and O–H groups in total. The Balaban J connectivity index is 2.05. The summed E-state index contributed by atoms with van der Waals surface area (Å²) in [5, 5.41) is 2.94. The normalized spacial score (nSPS) is 16.6. The summed E-state index contributed by atoms with van der Waals surface area (Å²) in [5.41, 5.74) is 0.339. The maximum absolute atomic E-state index is 12.9. The summed E-state index contributed by atoms with van der Waals surface area (Å²) in [6, 6.07) is 6.20. The molecule has 0 spiro atoms. The van der Waals surface area contributed by atoms with Crippen molar-refractivity contribution in [2.75, 3.05) is 26.2 Å². The van der Waals surface area contributed by atoms with Crippen LogP contribution in [0.4, 0.5) is 0 Å². The van der Waals surface area contributed by atoms with Crippen LogP contribution in [-0.2, 0) is 14.8 Å². The second kappa shape index (κ2) is 10.0. The molecule has 8 heteroatoms. The molecular weight excluding hydrogens is 378 g/mol. The van der Waals surface area contributed by atoms with Gasteiger partial charge in [0.2, 0.25) is 15.9 Å². The first-order chi connectivity index (χ1) is 13.3. The Labute approximate surface area is 168 Å². The Bertz CT molecular complexity index is 786. The molecule has 1 atom stereocenters. The Morgan fingerprint density at radius 3 is 2.43 bits per heavy atom. The maximum atomic E-state index is 12.9. The van der Waals surface area contributed by atoms with E-state index in [1.165, 1.54) is 23.4 Å². The smallest absolute Gasteiger partial charge is 0.251 e. The standard InChI is InChI=1S/C20H31N3O4S/c1-4-5-6-8-16(2)21-20(25)18-9-7-10-19(15-18)28(26,27)23-13-11-22(12-14-23)17(3)24/h7,9-10,15-16H,4-6,8,11-14H2,1-3H3,(H,21,25)/t16-/m0/s1. The van der Waals surface area contributed by atoms with Crippen LogP contribution in [0.1, 0.15) is 56.8 Å². The van der Waals surface area contributed by atoms with Gasteiger partial charge >= 0.3 is 0 Å². The Morgan fingerprint density at radius 1 is 1.14 bits per heavy atom. The average Bonchev–Trinajstić information content (AvgIpc) is 2.68. The van der Waals surface area contributed by atoms with E-state index < -0.39 is 10.0 Å². The number of amides is 2. The van der Waals surface area contributed by atoms with Crippen LogP contribution >= 0.6 is 0 Å². The highest BCUT2D eigenvalue weighted by Gasteiger charge is 2.29. The molecule has 7 nitrogen and oxygen atoms in total. The quantitative estimate of drug-likeness (QED) is 0.667. The average molecular weight is 410 g/mol. The van der Waals surface area contributed by atoms with Gasteiger partial charge in [0.1, 0.15) is 0 Å². The maximum Gasteiger partial charge on any atom is 0.251 e. The molecule has 1 saturated heterocycles. The molecule has 2 rings (SSSR count). The fourth-order valence-electron chi connectivity index (χ4n) is 3.27. The lowest BCUT2D eigenvalue weighted by Gasteiger charge is -2.33. The minimum Gasteiger partial charge on any atom is -0.350 e. The van der Waals surface area contributed by atoms with Gasteiger partial charge in [-0.25, -0.2) is 8.42 Å². The molecule has 0 bridgehead atoms. The molecular formula is C20H31N3O4S. The molecule has 0 aliphatic carbocycles. The van der Waals surface area contributed by atoms with E-state index in [1.54, 1.807) is 17.0 Å². The number of rotatable bonds is 8. The first-order valence-electron chi connectivity index (χ1n) is 9.92. The lowest BCUT2D eigenvalue weighted by atomic mass is 10.1. The zero-order chi connectivity index (χ0) is 20.7. The van der Waals surface area contributed by atoms with Crippen molar-refractivity contribution >= 4 is 21.8 Å². The second-order valence-corrected chi connectivity index (χ2v) is 9.25. The van der Waals surface area contributed by atoms with Crippen molar-refractivity contribution in [2.45, 2.75) is 57.4 Å². The number of nitrogens with zero attached hydrogens (tertiary/aromatic N) is 2. The lowest BCUT2D eigenvalue weighted by molar-refractivity contribution is -0.129. The number of hydrogen-bond donors (Lipinski definition) is 1. The van der Waals surface area contributed by atoms with Gasteiger partial charge in [0.25, 0.3) is 5.91 Å². The van der Waals surface area contributed by atoms with Gasteiger partial charge in [-0.05, 0) is 31.5 Å². The van der Waals surface area contributed by atoms with Gasteiger partial charge in [-0.3, -0.25) is 9.59 Å². The summed E-state index contributed by atoms with van der Waals surface area (Å²) in [7, 11) is -3.70. The van der Waals surface area contributed by atoms with Crippen molar-refractivity contribution in [1.82, 2.24) is 14.5 Å². The fourth-order valence-corrected chi connectivity index (χ4v) is 4.74. The van der Waals surface area contributed by atoms with Crippen molar-refractivity contribution in [3.8, 4) is 0 Å². The predicted octanol–water partition coefficient (Wildman–Crippen LogP) is 2.24. The van der Waals surface area contributed by atoms with Gasteiger partial charge in [-0.15, -0.1) is 0 Å². The van der Waals surface area contributed by atoms with Crippen LogP contribution in [0.5, 0.6) is 0 Å². The molecule has 0 radical (unpaired) electrons. The van der Waals surface area contributed by atoms with E-state index >= 15 is 0 Å². The van der Waals surface area contributed by atoms with E-state index in [0.29, 0.717) is 18.7 Å². The number of nitrogens with one attached hydrogen (secondary N) is 1. The minimum absolute atomic E-state index is 0.0407. The van der Waals surface area contributed by atoms with Crippen LogP contribution in [-0.4, -0.2) is 61.7 Å². The molecule has 28 heavy (non-hydrogen) atoms. The Kier molecular flexibility index (Phi) is 8.00. The molecule has 0 aromatic heterocycles. The van der Waals surface area contributed by atoms with E-state index in [4.69, 9.17) is 0 Å². The number of piperazine rings is 1. The zero-order valence-electron chi connectivity index (χ0n) is 17.0. The molecule has 1 aliphatic rings. The van der Waals surface area contributed by atoms with Gasteiger partial charge in [0.05, 0.1) is 4.90 Å². The SMILES string of the molecule is CCCCC[C@H](C)NC(=O)c1cccc(S(=O)(=O)N2CCN(C(C)=O)CC2)c1. The highest BCUT2D eigenvalue weighted by atomic mass is 32.2. The van der Waals surface area contributed by atoms with Gasteiger partial charge < -0.3 is 10.2 Å². The molecule has 1 aromatic carbocycles.